The van der Waals surface area contributed by atoms with Crippen LogP contribution in [0.5, 0.6) is 0 Å². The maximum atomic E-state index is 12.6. The molecule has 4 nitrogen and oxygen atoms in total. The second kappa shape index (κ2) is 5.17. The first-order chi connectivity index (χ1) is 8.09. The molecule has 0 unspecified atom stereocenters. The van der Waals surface area contributed by atoms with Gasteiger partial charge in [-0.15, -0.1) is 0 Å². The number of carbonyl (C=O) groups is 1. The van der Waals surface area contributed by atoms with E-state index in [1.54, 1.807) is 7.11 Å². The van der Waals surface area contributed by atoms with Crippen molar-refractivity contribution in [3.63, 3.8) is 0 Å². The number of ether oxygens (including phenoxy) is 1. The highest BCUT2D eigenvalue weighted by Crippen LogP contribution is 2.26. The first kappa shape index (κ1) is 15.4. The summed E-state index contributed by atoms with van der Waals surface area (Å²) in [6, 6.07) is -0.164. The molecule has 0 N–H and O–H groups in total. The molecule has 18 heavy (non-hydrogen) atoms. The number of rotatable bonds is 2. The van der Waals surface area contributed by atoms with Crippen LogP contribution in [0.2, 0.25) is 0 Å². The van der Waals surface area contributed by atoms with Gasteiger partial charge in [0.15, 0.2) is 0 Å². The fourth-order valence-corrected chi connectivity index (χ4v) is 2.58. The molecule has 1 saturated heterocycles. The lowest BCUT2D eigenvalue weighted by molar-refractivity contribution is -0.154. The van der Waals surface area contributed by atoms with Gasteiger partial charge in [-0.25, -0.2) is 0 Å². The molecule has 1 aliphatic rings. The summed E-state index contributed by atoms with van der Waals surface area (Å²) in [5, 5.41) is 0. The molecular weight excluding hydrogens is 228 g/mol. The average molecular weight is 256 g/mol. The van der Waals surface area contributed by atoms with Gasteiger partial charge in [-0.05, 0) is 41.5 Å². The van der Waals surface area contributed by atoms with Gasteiger partial charge in [0, 0.05) is 31.3 Å². The van der Waals surface area contributed by atoms with E-state index in [-0.39, 0.29) is 23.0 Å². The first-order valence-electron chi connectivity index (χ1n) is 6.66. The number of hydrogen-bond acceptors (Lipinski definition) is 3. The van der Waals surface area contributed by atoms with Crippen LogP contribution in [-0.2, 0) is 9.53 Å². The Morgan fingerprint density at radius 3 is 2.06 bits per heavy atom. The second-order valence-corrected chi connectivity index (χ2v) is 7.00. The summed E-state index contributed by atoms with van der Waals surface area (Å²) >= 11 is 0. The minimum atomic E-state index is -0.164. The largest absolute Gasteiger partial charge is 0.383 e. The molecule has 0 aliphatic carbocycles. The maximum absolute atomic E-state index is 12.6. The maximum Gasteiger partial charge on any atom is 0.242 e. The molecule has 0 saturated carbocycles. The predicted molar refractivity (Wildman–Crippen MR) is 73.6 cm³/mol. The molecule has 0 radical (unpaired) electrons. The van der Waals surface area contributed by atoms with Gasteiger partial charge in [0.25, 0.3) is 0 Å². The number of piperazine rings is 1. The normalized spacial score (nSPS) is 23.6. The van der Waals surface area contributed by atoms with Crippen molar-refractivity contribution in [2.45, 2.75) is 58.7 Å². The molecule has 1 fully saturated rings. The fourth-order valence-electron chi connectivity index (χ4n) is 2.58. The molecule has 0 spiro atoms. The highest BCUT2D eigenvalue weighted by molar-refractivity contribution is 5.83. The van der Waals surface area contributed by atoms with Gasteiger partial charge in [0.1, 0.15) is 6.04 Å². The quantitative estimate of drug-likeness (QED) is 0.754. The zero-order valence-corrected chi connectivity index (χ0v) is 12.9. The molecule has 4 heteroatoms. The summed E-state index contributed by atoms with van der Waals surface area (Å²) in [4.78, 5) is 16.8. The number of methoxy groups -OCH3 is 1. The van der Waals surface area contributed by atoms with Crippen LogP contribution in [-0.4, -0.2) is 59.6 Å². The third kappa shape index (κ3) is 3.23. The number of nitrogens with zero attached hydrogens (tertiary/aromatic N) is 2. The Labute approximate surface area is 111 Å². The molecule has 1 heterocycles. The molecule has 0 aromatic rings. The van der Waals surface area contributed by atoms with E-state index in [0.717, 1.165) is 13.1 Å². The van der Waals surface area contributed by atoms with Crippen LogP contribution >= 0.6 is 0 Å². The Hall–Kier alpha value is -0.610. The highest BCUT2D eigenvalue weighted by atomic mass is 16.5. The van der Waals surface area contributed by atoms with Crippen LogP contribution in [0.4, 0.5) is 0 Å². The summed E-state index contributed by atoms with van der Waals surface area (Å²) in [7, 11) is 1.66. The number of hydrogen-bond donors (Lipinski definition) is 0. The van der Waals surface area contributed by atoms with Gasteiger partial charge in [-0.3, -0.25) is 9.69 Å². The minimum absolute atomic E-state index is 0.0111. The van der Waals surface area contributed by atoms with Crippen LogP contribution in [0, 0.1) is 0 Å². The highest BCUT2D eigenvalue weighted by Gasteiger charge is 2.42. The molecule has 1 rings (SSSR count). The van der Waals surface area contributed by atoms with E-state index in [4.69, 9.17) is 4.74 Å². The van der Waals surface area contributed by atoms with Gasteiger partial charge in [0.2, 0.25) is 5.91 Å². The van der Waals surface area contributed by atoms with Crippen molar-refractivity contribution in [2.24, 2.45) is 0 Å². The molecule has 0 aromatic heterocycles. The minimum Gasteiger partial charge on any atom is -0.383 e. The Kier molecular flexibility index (Phi) is 4.44. The summed E-state index contributed by atoms with van der Waals surface area (Å²) in [5.41, 5.74) is -0.129. The van der Waals surface area contributed by atoms with E-state index in [1.165, 1.54) is 0 Å². The first-order valence-corrected chi connectivity index (χ1v) is 6.66. The van der Waals surface area contributed by atoms with Crippen molar-refractivity contribution in [1.82, 2.24) is 9.80 Å². The molecule has 106 valence electrons. The van der Waals surface area contributed by atoms with E-state index in [1.807, 2.05) is 4.90 Å². The van der Waals surface area contributed by atoms with E-state index in [0.29, 0.717) is 6.61 Å². The topological polar surface area (TPSA) is 32.8 Å². The van der Waals surface area contributed by atoms with Gasteiger partial charge in [-0.1, -0.05) is 0 Å². The average Bonchev–Trinajstić information content (AvgIpc) is 2.17. The molecule has 1 amide bonds. The second-order valence-electron chi connectivity index (χ2n) is 7.00. The molecule has 0 bridgehead atoms. The lowest BCUT2D eigenvalue weighted by Gasteiger charge is -2.50. The van der Waals surface area contributed by atoms with Crippen molar-refractivity contribution >= 4 is 5.91 Å². The van der Waals surface area contributed by atoms with E-state index >= 15 is 0 Å². The van der Waals surface area contributed by atoms with Gasteiger partial charge in [0.05, 0.1) is 6.61 Å². The fraction of sp³-hybridized carbons (Fsp3) is 0.929. The number of carbonyl (C=O) groups excluding carboxylic acids is 1. The Bertz CT molecular complexity index is 302. The van der Waals surface area contributed by atoms with Gasteiger partial charge in [-0.2, -0.15) is 0 Å². The SMILES string of the molecule is COC[C@H]1C(=O)N(C(C)(C)C)CCN1C(C)(C)C. The van der Waals surface area contributed by atoms with Crippen molar-refractivity contribution in [2.75, 3.05) is 26.8 Å². The number of amides is 1. The van der Waals surface area contributed by atoms with Crippen molar-refractivity contribution in [3.05, 3.63) is 0 Å². The van der Waals surface area contributed by atoms with Crippen molar-refractivity contribution in [1.29, 1.82) is 0 Å². The van der Waals surface area contributed by atoms with E-state index < -0.39 is 0 Å². The van der Waals surface area contributed by atoms with Crippen LogP contribution in [0.25, 0.3) is 0 Å². The van der Waals surface area contributed by atoms with E-state index in [9.17, 15) is 4.79 Å². The Balaban J connectivity index is 2.96. The molecule has 1 atom stereocenters. The van der Waals surface area contributed by atoms with Gasteiger partial charge < -0.3 is 9.64 Å². The lowest BCUT2D eigenvalue weighted by Crippen LogP contribution is -2.66. The third-order valence-corrected chi connectivity index (χ3v) is 3.49. The molecular formula is C14H28N2O2. The smallest absolute Gasteiger partial charge is 0.242 e. The van der Waals surface area contributed by atoms with Crippen molar-refractivity contribution in [3.8, 4) is 0 Å². The molecule has 0 aromatic carbocycles. The monoisotopic (exact) mass is 256 g/mol. The van der Waals surface area contributed by atoms with Crippen LogP contribution in [0.15, 0.2) is 0 Å². The Morgan fingerprint density at radius 1 is 1.11 bits per heavy atom. The van der Waals surface area contributed by atoms with Gasteiger partial charge >= 0.3 is 0 Å². The van der Waals surface area contributed by atoms with Crippen LogP contribution < -0.4 is 0 Å². The lowest BCUT2D eigenvalue weighted by atomic mass is 9.96. The predicted octanol–water partition coefficient (Wildman–Crippen LogP) is 1.74. The summed E-state index contributed by atoms with van der Waals surface area (Å²) in [6.07, 6.45) is 0. The third-order valence-electron chi connectivity index (χ3n) is 3.49. The summed E-state index contributed by atoms with van der Waals surface area (Å²) < 4.78 is 5.25. The zero-order chi connectivity index (χ0) is 14.1. The molecule has 1 aliphatic heterocycles. The van der Waals surface area contributed by atoms with Crippen LogP contribution in [0.1, 0.15) is 41.5 Å². The van der Waals surface area contributed by atoms with E-state index in [2.05, 4.69) is 46.4 Å². The summed E-state index contributed by atoms with van der Waals surface area (Å²) in [6.45, 7) is 14.9. The Morgan fingerprint density at radius 2 is 1.67 bits per heavy atom. The zero-order valence-electron chi connectivity index (χ0n) is 12.9. The van der Waals surface area contributed by atoms with Crippen LogP contribution in [0.3, 0.4) is 0 Å². The summed E-state index contributed by atoms with van der Waals surface area (Å²) in [5.74, 6) is 0.186. The van der Waals surface area contributed by atoms with Crippen molar-refractivity contribution < 1.29 is 9.53 Å². The standard InChI is InChI=1S/C14H28N2O2/c1-13(2,3)15-8-9-16(14(4,5)6)12(17)11(15)10-18-7/h11H,8-10H2,1-7H3/t11-/m0/s1.